The Morgan fingerprint density at radius 3 is 2.50 bits per heavy atom. The smallest absolute Gasteiger partial charge is 0.328 e. The maximum Gasteiger partial charge on any atom is 0.328 e. The molecule has 0 radical (unpaired) electrons. The van der Waals surface area contributed by atoms with E-state index in [0.717, 1.165) is 0 Å². The second-order valence-corrected chi connectivity index (χ2v) is 2.95. The van der Waals surface area contributed by atoms with Crippen molar-refractivity contribution in [2.24, 2.45) is 5.73 Å². The predicted molar refractivity (Wildman–Crippen MR) is 41.4 cm³/mol. The Morgan fingerprint density at radius 2 is 2.17 bits per heavy atom. The van der Waals surface area contributed by atoms with Crippen molar-refractivity contribution >= 4 is 11.9 Å². The van der Waals surface area contributed by atoms with Gasteiger partial charge >= 0.3 is 5.97 Å². The van der Waals surface area contributed by atoms with Gasteiger partial charge in [0.2, 0.25) is 5.91 Å². The molecule has 2 atom stereocenters. The number of carboxylic acid groups (broad SMARTS) is 1. The van der Waals surface area contributed by atoms with Crippen molar-refractivity contribution in [3.63, 3.8) is 0 Å². The Morgan fingerprint density at radius 1 is 1.58 bits per heavy atom. The standard InChI is InChI=1S/C7H12N2O3/c1-4(10)9-3-2-5(8)6(9)7(11)12/h5-6H,2-3,8H2,1H3,(H,11,12)/t5-,6-/m0/s1. The summed E-state index contributed by atoms with van der Waals surface area (Å²) in [6, 6.07) is -1.26. The Balaban J connectivity index is 2.77. The van der Waals surface area contributed by atoms with Gasteiger partial charge in [-0.3, -0.25) is 4.79 Å². The third-order valence-electron chi connectivity index (χ3n) is 2.10. The number of amides is 1. The van der Waals surface area contributed by atoms with Crippen molar-refractivity contribution in [1.29, 1.82) is 0 Å². The fourth-order valence-electron chi connectivity index (χ4n) is 1.49. The first-order chi connectivity index (χ1) is 5.54. The maximum atomic E-state index is 10.9. The summed E-state index contributed by atoms with van der Waals surface area (Å²) < 4.78 is 0. The lowest BCUT2D eigenvalue weighted by Crippen LogP contribution is -2.47. The van der Waals surface area contributed by atoms with Gasteiger partial charge in [0.05, 0.1) is 0 Å². The minimum atomic E-state index is -1.02. The number of carbonyl (C=O) groups is 2. The van der Waals surface area contributed by atoms with Crippen LogP contribution in [0, 0.1) is 0 Å². The van der Waals surface area contributed by atoms with Crippen molar-refractivity contribution < 1.29 is 14.7 Å². The van der Waals surface area contributed by atoms with E-state index < -0.39 is 18.1 Å². The number of aliphatic carboxylic acids is 1. The van der Waals surface area contributed by atoms with E-state index in [2.05, 4.69) is 0 Å². The highest BCUT2D eigenvalue weighted by Gasteiger charge is 2.38. The van der Waals surface area contributed by atoms with Crippen LogP contribution in [0.2, 0.25) is 0 Å². The number of nitrogens with two attached hydrogens (primary N) is 1. The van der Waals surface area contributed by atoms with Gasteiger partial charge in [-0.15, -0.1) is 0 Å². The lowest BCUT2D eigenvalue weighted by atomic mass is 10.1. The van der Waals surface area contributed by atoms with E-state index in [-0.39, 0.29) is 5.91 Å². The summed E-state index contributed by atoms with van der Waals surface area (Å²) in [5.74, 6) is -1.24. The van der Waals surface area contributed by atoms with Crippen LogP contribution in [0.1, 0.15) is 13.3 Å². The summed E-state index contributed by atoms with van der Waals surface area (Å²) in [6.07, 6.45) is 0.566. The first-order valence-corrected chi connectivity index (χ1v) is 3.79. The van der Waals surface area contributed by atoms with Gasteiger partial charge < -0.3 is 15.7 Å². The molecule has 3 N–H and O–H groups in total. The molecule has 12 heavy (non-hydrogen) atoms. The first kappa shape index (κ1) is 8.99. The van der Waals surface area contributed by atoms with Crippen LogP contribution in [0.5, 0.6) is 0 Å². The van der Waals surface area contributed by atoms with Crippen LogP contribution in [0.25, 0.3) is 0 Å². The molecular weight excluding hydrogens is 160 g/mol. The average Bonchev–Trinajstić information content (AvgIpc) is 2.30. The number of carbonyl (C=O) groups excluding carboxylic acids is 1. The summed E-state index contributed by atoms with van der Waals surface area (Å²) in [5, 5.41) is 8.73. The molecule has 5 heteroatoms. The zero-order valence-corrected chi connectivity index (χ0v) is 6.86. The molecule has 0 aliphatic carbocycles. The van der Waals surface area contributed by atoms with Gasteiger partial charge in [-0.25, -0.2) is 4.79 Å². The summed E-state index contributed by atoms with van der Waals surface area (Å²) >= 11 is 0. The van der Waals surface area contributed by atoms with Crippen LogP contribution in [0.3, 0.4) is 0 Å². The fraction of sp³-hybridized carbons (Fsp3) is 0.714. The number of nitrogens with zero attached hydrogens (tertiary/aromatic N) is 1. The highest BCUT2D eigenvalue weighted by atomic mass is 16.4. The van der Waals surface area contributed by atoms with Gasteiger partial charge in [-0.1, -0.05) is 0 Å². The number of hydrogen-bond acceptors (Lipinski definition) is 3. The Labute approximate surface area is 70.1 Å². The van der Waals surface area contributed by atoms with E-state index in [9.17, 15) is 9.59 Å². The Kier molecular flexibility index (Phi) is 2.32. The number of carboxylic acids is 1. The molecule has 0 saturated carbocycles. The summed E-state index contributed by atoms with van der Waals surface area (Å²) in [7, 11) is 0. The highest BCUT2D eigenvalue weighted by molar-refractivity contribution is 5.83. The van der Waals surface area contributed by atoms with Gasteiger partial charge in [-0.2, -0.15) is 0 Å². The largest absolute Gasteiger partial charge is 0.480 e. The SMILES string of the molecule is CC(=O)N1CC[C@H](N)[C@H]1C(=O)O. The molecule has 0 aromatic heterocycles. The third kappa shape index (κ3) is 1.40. The second kappa shape index (κ2) is 3.10. The molecule has 0 aromatic rings. The number of hydrogen-bond donors (Lipinski definition) is 2. The minimum Gasteiger partial charge on any atom is -0.480 e. The summed E-state index contributed by atoms with van der Waals surface area (Å²) in [4.78, 5) is 22.9. The van der Waals surface area contributed by atoms with E-state index in [1.54, 1.807) is 0 Å². The monoisotopic (exact) mass is 172 g/mol. The molecule has 0 unspecified atom stereocenters. The van der Waals surface area contributed by atoms with Crippen molar-refractivity contribution in [2.75, 3.05) is 6.54 Å². The van der Waals surface area contributed by atoms with Crippen molar-refractivity contribution in [3.8, 4) is 0 Å². The lowest BCUT2D eigenvalue weighted by molar-refractivity contribution is -0.147. The molecule has 1 heterocycles. The molecule has 0 aromatic carbocycles. The Bertz CT molecular complexity index is 217. The molecule has 0 bridgehead atoms. The zero-order chi connectivity index (χ0) is 9.30. The molecule has 5 nitrogen and oxygen atoms in total. The normalized spacial score (nSPS) is 29.0. The van der Waals surface area contributed by atoms with Crippen LogP contribution >= 0.6 is 0 Å². The molecule has 1 aliphatic rings. The van der Waals surface area contributed by atoms with Crippen molar-refractivity contribution in [1.82, 2.24) is 4.90 Å². The quantitative estimate of drug-likeness (QED) is 0.532. The molecule has 1 rings (SSSR count). The fourth-order valence-corrected chi connectivity index (χ4v) is 1.49. The second-order valence-electron chi connectivity index (χ2n) is 2.95. The van der Waals surface area contributed by atoms with Crippen molar-refractivity contribution in [3.05, 3.63) is 0 Å². The summed E-state index contributed by atoms with van der Waals surface area (Å²) in [6.45, 7) is 1.81. The van der Waals surface area contributed by atoms with E-state index in [4.69, 9.17) is 10.8 Å². The third-order valence-corrected chi connectivity index (χ3v) is 2.10. The molecule has 1 aliphatic heterocycles. The molecular formula is C7H12N2O3. The van der Waals surface area contributed by atoms with Gasteiger partial charge in [0.15, 0.2) is 0 Å². The molecule has 1 amide bonds. The van der Waals surface area contributed by atoms with Gasteiger partial charge in [-0.05, 0) is 6.42 Å². The minimum absolute atomic E-state index is 0.227. The van der Waals surface area contributed by atoms with Crippen LogP contribution in [-0.2, 0) is 9.59 Å². The number of likely N-dealkylation sites (tertiary alicyclic amines) is 1. The van der Waals surface area contributed by atoms with Crippen LogP contribution in [0.15, 0.2) is 0 Å². The van der Waals surface area contributed by atoms with Gasteiger partial charge in [0, 0.05) is 19.5 Å². The molecule has 1 saturated heterocycles. The number of rotatable bonds is 1. The topological polar surface area (TPSA) is 83.6 Å². The summed E-state index contributed by atoms with van der Waals surface area (Å²) in [5.41, 5.74) is 5.53. The lowest BCUT2D eigenvalue weighted by Gasteiger charge is -2.21. The average molecular weight is 172 g/mol. The van der Waals surface area contributed by atoms with E-state index in [1.165, 1.54) is 11.8 Å². The van der Waals surface area contributed by atoms with Crippen LogP contribution in [-0.4, -0.2) is 40.5 Å². The Hall–Kier alpha value is -1.10. The first-order valence-electron chi connectivity index (χ1n) is 3.79. The molecule has 0 spiro atoms. The van der Waals surface area contributed by atoms with Gasteiger partial charge in [0.1, 0.15) is 6.04 Å². The van der Waals surface area contributed by atoms with E-state index >= 15 is 0 Å². The zero-order valence-electron chi connectivity index (χ0n) is 6.86. The van der Waals surface area contributed by atoms with Crippen LogP contribution in [0.4, 0.5) is 0 Å². The predicted octanol–water partition coefficient (Wildman–Crippen LogP) is -0.981. The van der Waals surface area contributed by atoms with Gasteiger partial charge in [0.25, 0.3) is 0 Å². The molecule has 68 valence electrons. The molecule has 1 fully saturated rings. The van der Waals surface area contributed by atoms with Crippen molar-refractivity contribution in [2.45, 2.75) is 25.4 Å². The highest BCUT2D eigenvalue weighted by Crippen LogP contribution is 2.16. The van der Waals surface area contributed by atoms with E-state index in [0.29, 0.717) is 13.0 Å². The van der Waals surface area contributed by atoms with Crippen LogP contribution < -0.4 is 5.73 Å². The van der Waals surface area contributed by atoms with E-state index in [1.807, 2.05) is 0 Å². The maximum absolute atomic E-state index is 10.9.